The molecule has 1 heterocycles. The first-order valence-electron chi connectivity index (χ1n) is 5.34. The number of carbonyl (C=O) groups is 1. The van der Waals surface area contributed by atoms with Gasteiger partial charge in [-0.2, -0.15) is 0 Å². The molecule has 1 aliphatic rings. The quantitative estimate of drug-likeness (QED) is 0.790. The fourth-order valence-electron chi connectivity index (χ4n) is 1.81. The van der Waals surface area contributed by atoms with Crippen LogP contribution in [-0.2, 0) is 14.3 Å². The van der Waals surface area contributed by atoms with Crippen LogP contribution in [0.3, 0.4) is 0 Å². The zero-order valence-corrected chi connectivity index (χ0v) is 9.80. The van der Waals surface area contributed by atoms with E-state index in [4.69, 9.17) is 9.47 Å². The molecule has 5 nitrogen and oxygen atoms in total. The topological polar surface area (TPSA) is 56.8 Å². The average Bonchev–Trinajstić information content (AvgIpc) is 2.87. The summed E-state index contributed by atoms with van der Waals surface area (Å²) < 4.78 is 15.4. The van der Waals surface area contributed by atoms with Gasteiger partial charge in [-0.3, -0.25) is 10.1 Å². The maximum atomic E-state index is 11.3. The molecule has 1 fully saturated rings. The molecule has 1 aromatic carbocycles. The molecule has 1 saturated heterocycles. The molecule has 0 saturated carbocycles. The third-order valence-corrected chi connectivity index (χ3v) is 2.69. The normalized spacial score (nSPS) is 23.4. The van der Waals surface area contributed by atoms with Gasteiger partial charge < -0.3 is 14.2 Å². The van der Waals surface area contributed by atoms with Gasteiger partial charge in [0.15, 0.2) is 0 Å². The number of benzene rings is 1. The zero-order chi connectivity index (χ0) is 12.3. The Morgan fingerprint density at radius 2 is 2.18 bits per heavy atom. The van der Waals surface area contributed by atoms with Crippen LogP contribution in [0, 0.1) is 0 Å². The molecule has 0 aromatic heterocycles. The molecule has 17 heavy (non-hydrogen) atoms. The van der Waals surface area contributed by atoms with E-state index in [1.807, 2.05) is 24.3 Å². The second kappa shape index (κ2) is 5.16. The van der Waals surface area contributed by atoms with Crippen LogP contribution in [-0.4, -0.2) is 32.8 Å². The van der Waals surface area contributed by atoms with Crippen LogP contribution in [0.25, 0.3) is 0 Å². The number of hydrogen-bond acceptors (Lipinski definition) is 5. The van der Waals surface area contributed by atoms with Gasteiger partial charge in [0, 0.05) is 5.56 Å². The van der Waals surface area contributed by atoms with E-state index in [-0.39, 0.29) is 12.2 Å². The summed E-state index contributed by atoms with van der Waals surface area (Å²) in [4.78, 5) is 11.3. The lowest BCUT2D eigenvalue weighted by atomic mass is 10.1. The minimum absolute atomic E-state index is 0.301. The standard InChI is InChI=1S/C12H15NO4/c1-15-10-6-4-3-5-8(10)11-13-9(7-17-11)12(14)16-2/h3-6,9,11,13H,7H2,1-2H3. The summed E-state index contributed by atoms with van der Waals surface area (Å²) in [6.07, 6.45) is -0.338. The molecule has 5 heteroatoms. The first-order chi connectivity index (χ1) is 8.26. The summed E-state index contributed by atoms with van der Waals surface area (Å²) in [6, 6.07) is 7.11. The van der Waals surface area contributed by atoms with Gasteiger partial charge in [0.05, 0.1) is 20.8 Å². The highest BCUT2D eigenvalue weighted by atomic mass is 16.5. The summed E-state index contributed by atoms with van der Waals surface area (Å²) in [5, 5.41) is 3.06. The van der Waals surface area contributed by atoms with Gasteiger partial charge in [0.25, 0.3) is 0 Å². The van der Waals surface area contributed by atoms with E-state index in [9.17, 15) is 4.79 Å². The average molecular weight is 237 g/mol. The lowest BCUT2D eigenvalue weighted by Gasteiger charge is -2.14. The van der Waals surface area contributed by atoms with Crippen LogP contribution >= 0.6 is 0 Å². The highest BCUT2D eigenvalue weighted by Gasteiger charge is 2.32. The summed E-state index contributed by atoms with van der Waals surface area (Å²) in [7, 11) is 2.96. The van der Waals surface area contributed by atoms with E-state index < -0.39 is 6.04 Å². The Morgan fingerprint density at radius 3 is 2.88 bits per heavy atom. The number of ether oxygens (including phenoxy) is 3. The SMILES string of the molecule is COC(=O)C1COC(c2ccccc2OC)N1. The minimum Gasteiger partial charge on any atom is -0.496 e. The third kappa shape index (κ3) is 2.40. The van der Waals surface area contributed by atoms with Crippen LogP contribution in [0.4, 0.5) is 0 Å². The molecule has 0 spiro atoms. The zero-order valence-electron chi connectivity index (χ0n) is 9.80. The Morgan fingerprint density at radius 1 is 1.41 bits per heavy atom. The monoisotopic (exact) mass is 237 g/mol. The summed E-state index contributed by atoms with van der Waals surface area (Å²) in [6.45, 7) is 0.301. The predicted molar refractivity (Wildman–Crippen MR) is 60.6 cm³/mol. The first kappa shape index (κ1) is 11.9. The minimum atomic E-state index is -0.421. The van der Waals surface area contributed by atoms with Crippen LogP contribution < -0.4 is 10.1 Å². The Labute approximate surface area is 99.7 Å². The molecule has 2 unspecified atom stereocenters. The number of carbonyl (C=O) groups excluding carboxylic acids is 1. The van der Waals surface area contributed by atoms with Crippen molar-refractivity contribution in [1.82, 2.24) is 5.32 Å². The van der Waals surface area contributed by atoms with Gasteiger partial charge in [-0.25, -0.2) is 0 Å². The maximum absolute atomic E-state index is 11.3. The highest BCUT2D eigenvalue weighted by Crippen LogP contribution is 2.28. The van der Waals surface area contributed by atoms with Crippen LogP contribution in [0.15, 0.2) is 24.3 Å². The molecule has 0 amide bonds. The molecule has 1 aromatic rings. The van der Waals surface area contributed by atoms with Gasteiger partial charge in [-0.05, 0) is 6.07 Å². The molecule has 0 bridgehead atoms. The van der Waals surface area contributed by atoms with Crippen molar-refractivity contribution in [1.29, 1.82) is 0 Å². The molecular weight excluding hydrogens is 222 g/mol. The predicted octanol–water partition coefficient (Wildman–Crippen LogP) is 0.855. The fourth-order valence-corrected chi connectivity index (χ4v) is 1.81. The number of nitrogens with one attached hydrogen (secondary N) is 1. The van der Waals surface area contributed by atoms with E-state index in [0.29, 0.717) is 6.61 Å². The highest BCUT2D eigenvalue weighted by molar-refractivity contribution is 5.76. The van der Waals surface area contributed by atoms with Gasteiger partial charge in [-0.1, -0.05) is 18.2 Å². The fraction of sp³-hybridized carbons (Fsp3) is 0.417. The number of rotatable bonds is 3. The van der Waals surface area contributed by atoms with E-state index in [1.165, 1.54) is 7.11 Å². The second-order valence-electron chi connectivity index (χ2n) is 3.70. The summed E-state index contributed by atoms with van der Waals surface area (Å²) in [5.41, 5.74) is 0.876. The Balaban J connectivity index is 2.12. The van der Waals surface area contributed by atoms with Crippen molar-refractivity contribution in [3.05, 3.63) is 29.8 Å². The van der Waals surface area contributed by atoms with Gasteiger partial charge in [0.2, 0.25) is 0 Å². The lowest BCUT2D eigenvalue weighted by Crippen LogP contribution is -2.34. The molecular formula is C12H15NO4. The van der Waals surface area contributed by atoms with Crippen molar-refractivity contribution >= 4 is 5.97 Å². The van der Waals surface area contributed by atoms with Crippen molar-refractivity contribution in [2.75, 3.05) is 20.8 Å². The van der Waals surface area contributed by atoms with Crippen molar-refractivity contribution in [3.63, 3.8) is 0 Å². The van der Waals surface area contributed by atoms with E-state index >= 15 is 0 Å². The molecule has 0 aliphatic carbocycles. The molecule has 0 radical (unpaired) electrons. The Kier molecular flexibility index (Phi) is 3.61. The number of hydrogen-bond donors (Lipinski definition) is 1. The molecule has 2 atom stereocenters. The van der Waals surface area contributed by atoms with Crippen molar-refractivity contribution in [3.8, 4) is 5.75 Å². The third-order valence-electron chi connectivity index (χ3n) is 2.69. The lowest BCUT2D eigenvalue weighted by molar-refractivity contribution is -0.142. The van der Waals surface area contributed by atoms with Crippen molar-refractivity contribution in [2.45, 2.75) is 12.3 Å². The van der Waals surface area contributed by atoms with Crippen molar-refractivity contribution < 1.29 is 19.0 Å². The van der Waals surface area contributed by atoms with Crippen LogP contribution in [0.2, 0.25) is 0 Å². The molecule has 1 aliphatic heterocycles. The van der Waals surface area contributed by atoms with E-state index in [0.717, 1.165) is 11.3 Å². The molecule has 92 valence electrons. The van der Waals surface area contributed by atoms with Gasteiger partial charge in [-0.15, -0.1) is 0 Å². The summed E-state index contributed by atoms with van der Waals surface area (Å²) >= 11 is 0. The van der Waals surface area contributed by atoms with E-state index in [1.54, 1.807) is 7.11 Å². The van der Waals surface area contributed by atoms with E-state index in [2.05, 4.69) is 10.1 Å². The number of methoxy groups -OCH3 is 2. The smallest absolute Gasteiger partial charge is 0.325 e. The summed E-state index contributed by atoms with van der Waals surface area (Å²) in [5.74, 6) is 0.415. The van der Waals surface area contributed by atoms with Gasteiger partial charge in [0.1, 0.15) is 18.0 Å². The second-order valence-corrected chi connectivity index (χ2v) is 3.70. The van der Waals surface area contributed by atoms with Crippen LogP contribution in [0.5, 0.6) is 5.75 Å². The molecule has 1 N–H and O–H groups in total. The maximum Gasteiger partial charge on any atom is 0.325 e. The Hall–Kier alpha value is -1.59. The Bertz CT molecular complexity index is 407. The largest absolute Gasteiger partial charge is 0.496 e. The van der Waals surface area contributed by atoms with Crippen molar-refractivity contribution in [2.24, 2.45) is 0 Å². The first-order valence-corrected chi connectivity index (χ1v) is 5.34. The number of para-hydroxylation sites is 1. The van der Waals surface area contributed by atoms with Gasteiger partial charge >= 0.3 is 5.97 Å². The van der Waals surface area contributed by atoms with Crippen LogP contribution in [0.1, 0.15) is 11.8 Å². The number of esters is 1. The molecule has 2 rings (SSSR count).